The van der Waals surface area contributed by atoms with Crippen molar-refractivity contribution in [3.63, 3.8) is 0 Å². The summed E-state index contributed by atoms with van der Waals surface area (Å²) in [6.45, 7) is 0. The zero-order valence-corrected chi connectivity index (χ0v) is 7.22. The fourth-order valence-corrected chi connectivity index (χ4v) is 1.67. The van der Waals surface area contributed by atoms with Crippen LogP contribution in [0.5, 0.6) is 0 Å². The lowest BCUT2D eigenvalue weighted by molar-refractivity contribution is 0.119. The van der Waals surface area contributed by atoms with Gasteiger partial charge < -0.3 is 5.32 Å². The molecule has 0 heterocycles. The summed E-state index contributed by atoms with van der Waals surface area (Å²) in [7, 11) is 6.32. The third-order valence-corrected chi connectivity index (χ3v) is 2.45. The second-order valence-corrected chi connectivity index (χ2v) is 3.39. The van der Waals surface area contributed by atoms with Gasteiger partial charge in [0, 0.05) is 0 Å². The van der Waals surface area contributed by atoms with Crippen LogP contribution >= 0.6 is 0 Å². The number of nitrogens with zero attached hydrogens (tertiary/aromatic N) is 1. The summed E-state index contributed by atoms with van der Waals surface area (Å²) < 4.78 is 0. The van der Waals surface area contributed by atoms with Crippen molar-refractivity contribution in [2.45, 2.75) is 25.4 Å². The van der Waals surface area contributed by atoms with Crippen LogP contribution in [-0.4, -0.2) is 32.2 Å². The van der Waals surface area contributed by atoms with Gasteiger partial charge in [0.2, 0.25) is 0 Å². The van der Waals surface area contributed by atoms with Gasteiger partial charge in [0.05, 0.1) is 6.17 Å². The molecule has 1 rings (SSSR count). The Morgan fingerprint density at radius 3 is 2.10 bits per heavy atom. The number of hydrogen-bond donors (Lipinski definition) is 1. The molecule has 0 bridgehead atoms. The molecule has 2 heteroatoms. The smallest absolute Gasteiger partial charge is 0.0618 e. The van der Waals surface area contributed by atoms with Crippen molar-refractivity contribution < 1.29 is 0 Å². The van der Waals surface area contributed by atoms with E-state index in [1.54, 1.807) is 0 Å². The van der Waals surface area contributed by atoms with Crippen LogP contribution in [0.25, 0.3) is 0 Å². The Balaban J connectivity index is 2.31. The number of nitrogens with one attached hydrogen (secondary N) is 1. The molecule has 0 saturated heterocycles. The summed E-state index contributed by atoms with van der Waals surface area (Å²) in [6.07, 6.45) is 4.85. The largest absolute Gasteiger partial charge is 0.305 e. The third-order valence-electron chi connectivity index (χ3n) is 2.45. The maximum atomic E-state index is 3.33. The van der Waals surface area contributed by atoms with Gasteiger partial charge in [0.1, 0.15) is 0 Å². The molecule has 0 spiro atoms. The van der Waals surface area contributed by atoms with E-state index < -0.39 is 0 Å². The average molecular weight is 142 g/mol. The van der Waals surface area contributed by atoms with Crippen LogP contribution in [0.3, 0.4) is 0 Å². The van der Waals surface area contributed by atoms with Crippen LogP contribution in [0.4, 0.5) is 0 Å². The number of hydrogen-bond acceptors (Lipinski definition) is 2. The molecule has 1 N–H and O–H groups in total. The summed E-state index contributed by atoms with van der Waals surface area (Å²) in [5.74, 6) is 0.903. The highest BCUT2D eigenvalue weighted by Gasteiger charge is 2.26. The molecule has 0 aromatic carbocycles. The van der Waals surface area contributed by atoms with Crippen molar-refractivity contribution in [2.75, 3.05) is 21.1 Å². The van der Waals surface area contributed by atoms with E-state index >= 15 is 0 Å². The fraction of sp³-hybridized carbons (Fsp3) is 1.00. The molecular formula is C8H18N2. The van der Waals surface area contributed by atoms with Crippen molar-refractivity contribution in [3.05, 3.63) is 0 Å². The first-order chi connectivity index (χ1) is 4.75. The summed E-state index contributed by atoms with van der Waals surface area (Å²) in [6, 6.07) is 0. The molecule has 0 aromatic rings. The molecule has 2 nitrogen and oxygen atoms in total. The van der Waals surface area contributed by atoms with Crippen LogP contribution in [0.15, 0.2) is 0 Å². The molecule has 1 aliphatic carbocycles. The van der Waals surface area contributed by atoms with E-state index in [2.05, 4.69) is 24.3 Å². The van der Waals surface area contributed by atoms with Gasteiger partial charge in [0.25, 0.3) is 0 Å². The molecule has 0 aliphatic heterocycles. The highest BCUT2D eigenvalue weighted by Crippen LogP contribution is 2.29. The Kier molecular flexibility index (Phi) is 2.69. The second-order valence-electron chi connectivity index (χ2n) is 3.39. The predicted octanol–water partition coefficient (Wildman–Crippen LogP) is 0.894. The van der Waals surface area contributed by atoms with Gasteiger partial charge in [-0.15, -0.1) is 0 Å². The van der Waals surface area contributed by atoms with Crippen molar-refractivity contribution >= 4 is 0 Å². The van der Waals surface area contributed by atoms with Gasteiger partial charge in [-0.05, 0) is 39.9 Å². The fourth-order valence-electron chi connectivity index (χ4n) is 1.67. The Labute approximate surface area is 63.6 Å². The maximum Gasteiger partial charge on any atom is 0.0618 e. The SMILES string of the molecule is CNC(C1CCC1)N(C)C. The van der Waals surface area contributed by atoms with Gasteiger partial charge in [-0.25, -0.2) is 0 Å². The van der Waals surface area contributed by atoms with Crippen molar-refractivity contribution in [1.29, 1.82) is 0 Å². The molecule has 1 aliphatic rings. The molecule has 1 unspecified atom stereocenters. The Morgan fingerprint density at radius 2 is 2.00 bits per heavy atom. The van der Waals surface area contributed by atoms with Gasteiger partial charge in [-0.1, -0.05) is 6.42 Å². The predicted molar refractivity (Wildman–Crippen MR) is 43.9 cm³/mol. The summed E-state index contributed by atoms with van der Waals surface area (Å²) >= 11 is 0. The van der Waals surface area contributed by atoms with E-state index in [4.69, 9.17) is 0 Å². The van der Waals surface area contributed by atoms with Crippen molar-refractivity contribution in [3.8, 4) is 0 Å². The molecule has 60 valence electrons. The van der Waals surface area contributed by atoms with E-state index in [0.717, 1.165) is 5.92 Å². The van der Waals surface area contributed by atoms with E-state index in [-0.39, 0.29) is 0 Å². The minimum Gasteiger partial charge on any atom is -0.305 e. The molecule has 1 saturated carbocycles. The molecule has 0 amide bonds. The topological polar surface area (TPSA) is 15.3 Å². The Morgan fingerprint density at radius 1 is 1.40 bits per heavy atom. The van der Waals surface area contributed by atoms with Gasteiger partial charge in [-0.2, -0.15) is 0 Å². The van der Waals surface area contributed by atoms with E-state index in [1.807, 2.05) is 7.05 Å². The zero-order chi connectivity index (χ0) is 7.56. The number of rotatable bonds is 3. The normalized spacial score (nSPS) is 22.8. The minimum atomic E-state index is 0.605. The molecule has 10 heavy (non-hydrogen) atoms. The van der Waals surface area contributed by atoms with Crippen LogP contribution in [0.2, 0.25) is 0 Å². The first-order valence-electron chi connectivity index (χ1n) is 4.09. The highest BCUT2D eigenvalue weighted by atomic mass is 15.2. The van der Waals surface area contributed by atoms with Gasteiger partial charge >= 0.3 is 0 Å². The first-order valence-corrected chi connectivity index (χ1v) is 4.09. The monoisotopic (exact) mass is 142 g/mol. The molecule has 1 atom stereocenters. The van der Waals surface area contributed by atoms with Gasteiger partial charge in [-0.3, -0.25) is 4.90 Å². The minimum absolute atomic E-state index is 0.605. The summed E-state index contributed by atoms with van der Waals surface area (Å²) in [5.41, 5.74) is 0. The maximum absolute atomic E-state index is 3.33. The van der Waals surface area contributed by atoms with Crippen molar-refractivity contribution in [2.24, 2.45) is 5.92 Å². The molecule has 0 aromatic heterocycles. The lowest BCUT2D eigenvalue weighted by atomic mass is 9.82. The molecule has 1 fully saturated rings. The van der Waals surface area contributed by atoms with E-state index in [0.29, 0.717) is 6.17 Å². The second kappa shape index (κ2) is 3.35. The van der Waals surface area contributed by atoms with Crippen LogP contribution in [0, 0.1) is 5.92 Å². The molecule has 0 radical (unpaired) electrons. The lowest BCUT2D eigenvalue weighted by Crippen LogP contribution is -2.47. The average Bonchev–Trinajstić information content (AvgIpc) is 1.76. The van der Waals surface area contributed by atoms with E-state index in [9.17, 15) is 0 Å². The van der Waals surface area contributed by atoms with Gasteiger partial charge in [0.15, 0.2) is 0 Å². The Hall–Kier alpha value is -0.0800. The van der Waals surface area contributed by atoms with Crippen molar-refractivity contribution in [1.82, 2.24) is 10.2 Å². The molecular weight excluding hydrogens is 124 g/mol. The highest BCUT2D eigenvalue weighted by molar-refractivity contribution is 4.79. The lowest BCUT2D eigenvalue weighted by Gasteiger charge is -2.37. The van der Waals surface area contributed by atoms with Crippen LogP contribution < -0.4 is 5.32 Å². The summed E-state index contributed by atoms with van der Waals surface area (Å²) in [5, 5.41) is 3.33. The standard InChI is InChI=1S/C8H18N2/c1-9-8(10(2)3)7-5-4-6-7/h7-9H,4-6H2,1-3H3. The quantitative estimate of drug-likeness (QED) is 0.589. The summed E-state index contributed by atoms with van der Waals surface area (Å²) in [4.78, 5) is 2.27. The first kappa shape index (κ1) is 8.02. The third kappa shape index (κ3) is 1.50. The van der Waals surface area contributed by atoms with Crippen LogP contribution in [0.1, 0.15) is 19.3 Å². The van der Waals surface area contributed by atoms with E-state index in [1.165, 1.54) is 19.3 Å². The van der Waals surface area contributed by atoms with Crippen LogP contribution in [-0.2, 0) is 0 Å². The zero-order valence-electron chi connectivity index (χ0n) is 7.22. The Bertz CT molecular complexity index is 97.4.